The molecule has 0 radical (unpaired) electrons. The van der Waals surface area contributed by atoms with E-state index < -0.39 is 10.0 Å². The topological polar surface area (TPSA) is 60.2 Å². The van der Waals surface area contributed by atoms with Gasteiger partial charge in [0.05, 0.1) is 5.75 Å². The summed E-state index contributed by atoms with van der Waals surface area (Å²) in [5.41, 5.74) is 0. The SMILES string of the molecule is NS(=O)(=O)CC1CC2CCC1CC2. The maximum Gasteiger partial charge on any atom is 0.209 e. The number of rotatable bonds is 2. The van der Waals surface area contributed by atoms with Crippen LogP contribution in [0.2, 0.25) is 0 Å². The van der Waals surface area contributed by atoms with E-state index in [1.807, 2.05) is 0 Å². The highest BCUT2D eigenvalue weighted by molar-refractivity contribution is 7.89. The van der Waals surface area contributed by atoms with Crippen LogP contribution in [0.3, 0.4) is 0 Å². The summed E-state index contributed by atoms with van der Waals surface area (Å²) in [6.07, 6.45) is 6.17. The number of nitrogens with two attached hydrogens (primary N) is 1. The van der Waals surface area contributed by atoms with Crippen LogP contribution in [-0.2, 0) is 10.0 Å². The van der Waals surface area contributed by atoms with Gasteiger partial charge in [-0.15, -0.1) is 0 Å². The molecule has 13 heavy (non-hydrogen) atoms. The van der Waals surface area contributed by atoms with Gasteiger partial charge in [-0.2, -0.15) is 0 Å². The lowest BCUT2D eigenvalue weighted by molar-refractivity contribution is 0.113. The van der Waals surface area contributed by atoms with Crippen LogP contribution in [0.1, 0.15) is 32.1 Å². The van der Waals surface area contributed by atoms with E-state index >= 15 is 0 Å². The molecule has 3 rings (SSSR count). The van der Waals surface area contributed by atoms with Gasteiger partial charge in [0.15, 0.2) is 0 Å². The molecule has 1 atom stereocenters. The van der Waals surface area contributed by atoms with Crippen LogP contribution in [0.15, 0.2) is 0 Å². The van der Waals surface area contributed by atoms with E-state index in [0.717, 1.165) is 12.3 Å². The molecule has 0 aromatic heterocycles. The normalized spacial score (nSPS) is 39.3. The van der Waals surface area contributed by atoms with Crippen molar-refractivity contribution >= 4 is 10.0 Å². The second-order valence-corrected chi connectivity index (χ2v) is 6.27. The Kier molecular flexibility index (Phi) is 2.36. The minimum Gasteiger partial charge on any atom is -0.229 e. The fraction of sp³-hybridized carbons (Fsp3) is 1.00. The molecule has 1 unspecified atom stereocenters. The van der Waals surface area contributed by atoms with Crippen molar-refractivity contribution in [3.8, 4) is 0 Å². The maximum absolute atomic E-state index is 11.0. The van der Waals surface area contributed by atoms with Crippen LogP contribution in [0.4, 0.5) is 0 Å². The molecule has 3 fully saturated rings. The third-order valence-corrected chi connectivity index (χ3v) is 4.53. The Morgan fingerprint density at radius 3 is 2.15 bits per heavy atom. The quantitative estimate of drug-likeness (QED) is 0.730. The summed E-state index contributed by atoms with van der Waals surface area (Å²) in [5.74, 6) is 2.01. The Hall–Kier alpha value is -0.0900. The molecule has 2 N–H and O–H groups in total. The van der Waals surface area contributed by atoms with Crippen molar-refractivity contribution in [3.63, 3.8) is 0 Å². The fourth-order valence-electron chi connectivity index (χ4n) is 3.02. The lowest BCUT2D eigenvalue weighted by Crippen LogP contribution is -2.36. The summed E-state index contributed by atoms with van der Waals surface area (Å²) in [7, 11) is -3.25. The fourth-order valence-corrected chi connectivity index (χ4v) is 4.02. The Bertz CT molecular complexity index is 278. The molecule has 0 saturated heterocycles. The Morgan fingerprint density at radius 1 is 1.15 bits per heavy atom. The van der Waals surface area contributed by atoms with Gasteiger partial charge in [-0.3, -0.25) is 0 Å². The number of fused-ring (bicyclic) bond motifs is 3. The van der Waals surface area contributed by atoms with Crippen molar-refractivity contribution in [2.75, 3.05) is 5.75 Å². The zero-order valence-corrected chi connectivity index (χ0v) is 8.59. The van der Waals surface area contributed by atoms with Gasteiger partial charge in [0.2, 0.25) is 10.0 Å². The van der Waals surface area contributed by atoms with Gasteiger partial charge in [0.25, 0.3) is 0 Å². The summed E-state index contributed by atoms with van der Waals surface area (Å²) in [5, 5.41) is 5.07. The smallest absolute Gasteiger partial charge is 0.209 e. The predicted molar refractivity (Wildman–Crippen MR) is 51.5 cm³/mol. The molecule has 2 bridgehead atoms. The number of hydrogen-bond acceptors (Lipinski definition) is 2. The summed E-state index contributed by atoms with van der Waals surface area (Å²) in [6, 6.07) is 0. The molecule has 3 aliphatic carbocycles. The first-order valence-corrected chi connectivity index (χ1v) is 6.76. The lowest BCUT2D eigenvalue weighted by Gasteiger charge is -2.42. The van der Waals surface area contributed by atoms with Gasteiger partial charge in [-0.25, -0.2) is 13.6 Å². The molecule has 3 nitrogen and oxygen atoms in total. The molecule has 0 heterocycles. The van der Waals surface area contributed by atoms with E-state index in [1.165, 1.54) is 25.7 Å². The van der Waals surface area contributed by atoms with Crippen molar-refractivity contribution in [2.24, 2.45) is 22.9 Å². The summed E-state index contributed by atoms with van der Waals surface area (Å²) in [6.45, 7) is 0. The highest BCUT2D eigenvalue weighted by Gasteiger charge is 2.36. The monoisotopic (exact) mass is 203 g/mol. The Balaban J connectivity index is 2.01. The van der Waals surface area contributed by atoms with Crippen LogP contribution in [-0.4, -0.2) is 14.2 Å². The van der Waals surface area contributed by atoms with E-state index in [9.17, 15) is 8.42 Å². The average molecular weight is 203 g/mol. The van der Waals surface area contributed by atoms with Gasteiger partial charge in [0, 0.05) is 0 Å². The lowest BCUT2D eigenvalue weighted by atomic mass is 9.65. The van der Waals surface area contributed by atoms with E-state index in [4.69, 9.17) is 5.14 Å². The molecule has 3 saturated carbocycles. The highest BCUT2D eigenvalue weighted by atomic mass is 32.2. The second kappa shape index (κ2) is 3.24. The molecule has 0 aliphatic heterocycles. The molecule has 0 spiro atoms. The van der Waals surface area contributed by atoms with Gasteiger partial charge in [0.1, 0.15) is 0 Å². The Morgan fingerprint density at radius 2 is 1.77 bits per heavy atom. The van der Waals surface area contributed by atoms with E-state index in [-0.39, 0.29) is 5.75 Å². The van der Waals surface area contributed by atoms with Crippen LogP contribution >= 0.6 is 0 Å². The first kappa shape index (κ1) is 9.46. The molecule has 3 aliphatic rings. The van der Waals surface area contributed by atoms with Gasteiger partial charge >= 0.3 is 0 Å². The van der Waals surface area contributed by atoms with E-state index in [0.29, 0.717) is 11.8 Å². The zero-order chi connectivity index (χ0) is 9.47. The van der Waals surface area contributed by atoms with Crippen LogP contribution in [0.5, 0.6) is 0 Å². The first-order chi connectivity index (χ1) is 6.04. The largest absolute Gasteiger partial charge is 0.229 e. The Labute approximate surface area is 79.7 Å². The van der Waals surface area contributed by atoms with Crippen molar-refractivity contribution in [1.29, 1.82) is 0 Å². The second-order valence-electron chi connectivity index (χ2n) is 4.61. The summed E-state index contributed by atoms with van der Waals surface area (Å²) >= 11 is 0. The molecule has 0 aromatic carbocycles. The molecule has 76 valence electrons. The van der Waals surface area contributed by atoms with Crippen molar-refractivity contribution in [1.82, 2.24) is 0 Å². The van der Waals surface area contributed by atoms with Gasteiger partial charge in [-0.05, 0) is 37.0 Å². The highest BCUT2D eigenvalue weighted by Crippen LogP contribution is 2.45. The summed E-state index contributed by atoms with van der Waals surface area (Å²) in [4.78, 5) is 0. The predicted octanol–water partition coefficient (Wildman–Crippen LogP) is 1.10. The molecular formula is C9H17NO2S. The number of hydrogen-bond donors (Lipinski definition) is 1. The van der Waals surface area contributed by atoms with Crippen LogP contribution < -0.4 is 5.14 Å². The van der Waals surface area contributed by atoms with E-state index in [2.05, 4.69) is 0 Å². The minimum absolute atomic E-state index is 0.216. The number of sulfonamides is 1. The molecule has 0 amide bonds. The third-order valence-electron chi connectivity index (χ3n) is 3.64. The standard InChI is InChI=1S/C9H17NO2S/c10-13(11,12)6-9-5-7-1-3-8(9)4-2-7/h7-9H,1-6H2,(H2,10,11,12). The van der Waals surface area contributed by atoms with Crippen molar-refractivity contribution in [2.45, 2.75) is 32.1 Å². The molecule has 4 heteroatoms. The minimum atomic E-state index is -3.25. The molecular weight excluding hydrogens is 186 g/mol. The first-order valence-electron chi connectivity index (χ1n) is 5.05. The maximum atomic E-state index is 11.0. The van der Waals surface area contributed by atoms with E-state index in [1.54, 1.807) is 0 Å². The molecule has 0 aromatic rings. The van der Waals surface area contributed by atoms with Crippen LogP contribution in [0.25, 0.3) is 0 Å². The average Bonchev–Trinajstić information content (AvgIpc) is 2.03. The number of primary sulfonamides is 1. The summed E-state index contributed by atoms with van der Waals surface area (Å²) < 4.78 is 21.9. The zero-order valence-electron chi connectivity index (χ0n) is 7.78. The van der Waals surface area contributed by atoms with Gasteiger partial charge in [-0.1, -0.05) is 12.8 Å². The third kappa shape index (κ3) is 2.23. The van der Waals surface area contributed by atoms with Gasteiger partial charge < -0.3 is 0 Å². The van der Waals surface area contributed by atoms with Crippen LogP contribution in [0, 0.1) is 17.8 Å². The van der Waals surface area contributed by atoms with Crippen molar-refractivity contribution < 1.29 is 8.42 Å². The van der Waals surface area contributed by atoms with Crippen molar-refractivity contribution in [3.05, 3.63) is 0 Å².